The molecule has 2 atom stereocenters. The highest BCUT2D eigenvalue weighted by molar-refractivity contribution is 5.89. The molecule has 0 aliphatic carbocycles. The molecule has 0 aromatic heterocycles. The van der Waals surface area contributed by atoms with Crippen molar-refractivity contribution >= 4 is 17.7 Å². The molecule has 2 aliphatic heterocycles. The Labute approximate surface area is 165 Å². The summed E-state index contributed by atoms with van der Waals surface area (Å²) in [6, 6.07) is 11.7. The van der Waals surface area contributed by atoms with Gasteiger partial charge in [0, 0.05) is 39.1 Å². The molecule has 2 aliphatic rings. The fraction of sp³-hybridized carbons (Fsp3) is 0.524. The van der Waals surface area contributed by atoms with Gasteiger partial charge in [-0.3, -0.25) is 14.4 Å². The molecular formula is C21H26N4O3. The van der Waals surface area contributed by atoms with Gasteiger partial charge in [0.15, 0.2) is 0 Å². The number of hydrogen-bond acceptors (Lipinski definition) is 4. The summed E-state index contributed by atoms with van der Waals surface area (Å²) in [6.07, 6.45) is 0.800. The smallest absolute Gasteiger partial charge is 0.236 e. The summed E-state index contributed by atoms with van der Waals surface area (Å²) in [5.74, 6) is -0.517. The summed E-state index contributed by atoms with van der Waals surface area (Å²) in [6.45, 7) is 4.46. The van der Waals surface area contributed by atoms with Crippen LogP contribution in [0.5, 0.6) is 0 Å². The number of likely N-dealkylation sites (tertiary alicyclic amines) is 1. The Balaban J connectivity index is 1.60. The van der Waals surface area contributed by atoms with Gasteiger partial charge in [-0.2, -0.15) is 5.26 Å². The highest BCUT2D eigenvalue weighted by Gasteiger charge is 2.39. The lowest BCUT2D eigenvalue weighted by Crippen LogP contribution is -2.40. The van der Waals surface area contributed by atoms with Crippen molar-refractivity contribution in [3.05, 3.63) is 35.9 Å². The minimum absolute atomic E-state index is 0.00862. The normalized spacial score (nSPS) is 21.2. The third-order valence-electron chi connectivity index (χ3n) is 5.65. The molecule has 2 heterocycles. The van der Waals surface area contributed by atoms with Gasteiger partial charge in [0.05, 0.1) is 18.0 Å². The van der Waals surface area contributed by atoms with Crippen LogP contribution in [-0.4, -0.2) is 65.1 Å². The van der Waals surface area contributed by atoms with E-state index >= 15 is 0 Å². The molecule has 0 spiro atoms. The van der Waals surface area contributed by atoms with Gasteiger partial charge >= 0.3 is 0 Å². The average Bonchev–Trinajstić information content (AvgIpc) is 2.93. The quantitative estimate of drug-likeness (QED) is 0.791. The zero-order valence-corrected chi connectivity index (χ0v) is 16.2. The van der Waals surface area contributed by atoms with Crippen molar-refractivity contribution in [2.45, 2.75) is 32.2 Å². The highest BCUT2D eigenvalue weighted by Crippen LogP contribution is 2.29. The van der Waals surface area contributed by atoms with Crippen LogP contribution in [0, 0.1) is 17.2 Å². The van der Waals surface area contributed by atoms with E-state index in [9.17, 15) is 14.4 Å². The molecule has 0 bridgehead atoms. The zero-order valence-electron chi connectivity index (χ0n) is 16.2. The van der Waals surface area contributed by atoms with Crippen LogP contribution < -0.4 is 0 Å². The molecule has 2 fully saturated rings. The Hall–Kier alpha value is -2.88. The lowest BCUT2D eigenvalue weighted by molar-refractivity contribution is -0.136. The Bertz CT molecular complexity index is 774. The second-order valence-corrected chi connectivity index (χ2v) is 7.43. The molecule has 1 aromatic carbocycles. The van der Waals surface area contributed by atoms with Crippen LogP contribution in [0.4, 0.5) is 0 Å². The third-order valence-corrected chi connectivity index (χ3v) is 5.65. The van der Waals surface area contributed by atoms with Gasteiger partial charge in [0.2, 0.25) is 17.7 Å². The van der Waals surface area contributed by atoms with E-state index < -0.39 is 0 Å². The van der Waals surface area contributed by atoms with E-state index in [1.807, 2.05) is 43.3 Å². The lowest BCUT2D eigenvalue weighted by atomic mass is 10.1. The summed E-state index contributed by atoms with van der Waals surface area (Å²) >= 11 is 0. The van der Waals surface area contributed by atoms with Crippen molar-refractivity contribution in [3.63, 3.8) is 0 Å². The van der Waals surface area contributed by atoms with Gasteiger partial charge in [0.1, 0.15) is 6.42 Å². The first-order chi connectivity index (χ1) is 13.5. The molecule has 1 aromatic rings. The first kappa shape index (κ1) is 19.9. The van der Waals surface area contributed by atoms with Crippen molar-refractivity contribution in [3.8, 4) is 6.07 Å². The molecule has 7 heteroatoms. The molecule has 0 radical (unpaired) electrons. The summed E-state index contributed by atoms with van der Waals surface area (Å²) in [5, 5.41) is 8.70. The topological polar surface area (TPSA) is 84.7 Å². The maximum absolute atomic E-state index is 13.0. The molecular weight excluding hydrogens is 356 g/mol. The summed E-state index contributed by atoms with van der Waals surface area (Å²) in [4.78, 5) is 42.7. The third kappa shape index (κ3) is 4.33. The van der Waals surface area contributed by atoms with Crippen molar-refractivity contribution < 1.29 is 14.4 Å². The average molecular weight is 382 g/mol. The molecule has 28 heavy (non-hydrogen) atoms. The van der Waals surface area contributed by atoms with Crippen molar-refractivity contribution in [2.75, 3.05) is 32.7 Å². The molecule has 148 valence electrons. The Morgan fingerprint density at radius 1 is 1.14 bits per heavy atom. The van der Waals surface area contributed by atoms with Crippen LogP contribution in [0.1, 0.15) is 37.8 Å². The monoisotopic (exact) mass is 382 g/mol. The van der Waals surface area contributed by atoms with E-state index in [2.05, 4.69) is 0 Å². The number of nitriles is 1. The lowest BCUT2D eigenvalue weighted by Gasteiger charge is -2.27. The number of nitrogens with zero attached hydrogens (tertiary/aromatic N) is 4. The summed E-state index contributed by atoms with van der Waals surface area (Å²) in [5.41, 5.74) is 1.06. The minimum Gasteiger partial charge on any atom is -0.341 e. The fourth-order valence-electron chi connectivity index (χ4n) is 4.01. The van der Waals surface area contributed by atoms with Crippen molar-refractivity contribution in [2.24, 2.45) is 5.92 Å². The summed E-state index contributed by atoms with van der Waals surface area (Å²) < 4.78 is 0. The highest BCUT2D eigenvalue weighted by atomic mass is 16.2. The molecule has 0 N–H and O–H groups in total. The van der Waals surface area contributed by atoms with Crippen LogP contribution in [0.15, 0.2) is 30.3 Å². The van der Waals surface area contributed by atoms with Crippen LogP contribution in [0.2, 0.25) is 0 Å². The second-order valence-electron chi connectivity index (χ2n) is 7.43. The molecule has 2 unspecified atom stereocenters. The molecule has 3 rings (SSSR count). The van der Waals surface area contributed by atoms with Gasteiger partial charge in [-0.1, -0.05) is 30.3 Å². The summed E-state index contributed by atoms with van der Waals surface area (Å²) in [7, 11) is 0. The van der Waals surface area contributed by atoms with E-state index in [1.54, 1.807) is 14.7 Å². The van der Waals surface area contributed by atoms with Crippen LogP contribution in [0.25, 0.3) is 0 Å². The first-order valence-electron chi connectivity index (χ1n) is 9.79. The number of rotatable bonds is 4. The van der Waals surface area contributed by atoms with E-state index in [0.29, 0.717) is 39.1 Å². The van der Waals surface area contributed by atoms with Gasteiger partial charge in [-0.15, -0.1) is 0 Å². The van der Waals surface area contributed by atoms with Gasteiger partial charge in [-0.25, -0.2) is 0 Å². The van der Waals surface area contributed by atoms with E-state index in [0.717, 1.165) is 5.56 Å². The van der Waals surface area contributed by atoms with Crippen LogP contribution >= 0.6 is 0 Å². The maximum Gasteiger partial charge on any atom is 0.236 e. The predicted octanol–water partition coefficient (Wildman–Crippen LogP) is 1.57. The van der Waals surface area contributed by atoms with Gasteiger partial charge in [0.25, 0.3) is 0 Å². The van der Waals surface area contributed by atoms with E-state index in [1.165, 1.54) is 0 Å². The van der Waals surface area contributed by atoms with E-state index in [4.69, 9.17) is 5.26 Å². The van der Waals surface area contributed by atoms with Gasteiger partial charge < -0.3 is 14.7 Å². The van der Waals surface area contributed by atoms with Crippen molar-refractivity contribution in [1.29, 1.82) is 5.26 Å². The Kier molecular flexibility index (Phi) is 6.30. The zero-order chi connectivity index (χ0) is 20.1. The Morgan fingerprint density at radius 2 is 1.82 bits per heavy atom. The molecule has 0 saturated carbocycles. The predicted molar refractivity (Wildman–Crippen MR) is 103 cm³/mol. The van der Waals surface area contributed by atoms with Crippen LogP contribution in [-0.2, 0) is 14.4 Å². The SMILES string of the molecule is CC(c1ccccc1)N1CC(C(=O)N2CCCN(C(=O)CC#N)CC2)CC1=O. The molecule has 3 amide bonds. The number of carbonyl (C=O) groups excluding carboxylic acids is 3. The van der Waals surface area contributed by atoms with Gasteiger partial charge in [-0.05, 0) is 18.9 Å². The first-order valence-corrected chi connectivity index (χ1v) is 9.79. The van der Waals surface area contributed by atoms with E-state index in [-0.39, 0.29) is 42.5 Å². The minimum atomic E-state index is -0.333. The fourth-order valence-corrected chi connectivity index (χ4v) is 4.01. The maximum atomic E-state index is 13.0. The second kappa shape index (κ2) is 8.87. The van der Waals surface area contributed by atoms with Crippen molar-refractivity contribution in [1.82, 2.24) is 14.7 Å². The number of carbonyl (C=O) groups is 3. The standard InChI is InChI=1S/C21H26N4O3/c1-16(17-6-3-2-4-7-17)25-15-18(14-20(25)27)21(28)24-11-5-10-23(12-13-24)19(26)8-9-22/h2-4,6-7,16,18H,5,8,10-15H2,1H3. The number of hydrogen-bond donors (Lipinski definition) is 0. The Morgan fingerprint density at radius 3 is 2.54 bits per heavy atom. The molecule has 2 saturated heterocycles. The number of amides is 3. The molecule has 7 nitrogen and oxygen atoms in total. The van der Waals surface area contributed by atoms with Crippen LogP contribution in [0.3, 0.4) is 0 Å². The number of benzene rings is 1. The largest absolute Gasteiger partial charge is 0.341 e.